The summed E-state index contributed by atoms with van der Waals surface area (Å²) >= 11 is 0. The zero-order valence-electron chi connectivity index (χ0n) is 32.5. The zero-order valence-corrected chi connectivity index (χ0v) is 32.5. The van der Waals surface area contributed by atoms with E-state index in [1.807, 2.05) is 48.6 Å². The van der Waals surface area contributed by atoms with Gasteiger partial charge in [0.15, 0.2) is 0 Å². The third-order valence-corrected chi connectivity index (χ3v) is 8.31. The highest BCUT2D eigenvalue weighted by Crippen LogP contribution is 2.15. The summed E-state index contributed by atoms with van der Waals surface area (Å²) in [5.74, 6) is 0.0893. The number of unbranched alkanes of at least 4 members (excludes halogenated alkanes) is 13. The minimum Gasteiger partial charge on any atom is -0.463 e. The van der Waals surface area contributed by atoms with Crippen molar-refractivity contribution in [3.05, 3.63) is 72.9 Å². The summed E-state index contributed by atoms with van der Waals surface area (Å²) in [5.41, 5.74) is 0. The molecule has 0 saturated heterocycles. The third kappa shape index (κ3) is 38.3. The molecule has 292 valence electrons. The van der Waals surface area contributed by atoms with E-state index in [0.29, 0.717) is 25.7 Å². The predicted octanol–water partition coefficient (Wildman–Crippen LogP) is 10.4. The molecule has 0 aliphatic heterocycles. The normalized spacial score (nSPS) is 14.3. The molecule has 0 aliphatic rings. The van der Waals surface area contributed by atoms with Gasteiger partial charge in [0, 0.05) is 12.8 Å². The fraction of sp³-hybridized carbons (Fsp3) is 0.682. The molecule has 0 heterocycles. The Morgan fingerprint density at radius 3 is 1.63 bits per heavy atom. The van der Waals surface area contributed by atoms with Gasteiger partial charge < -0.3 is 24.8 Å². The van der Waals surface area contributed by atoms with Gasteiger partial charge in [-0.05, 0) is 44.4 Å². The summed E-state index contributed by atoms with van der Waals surface area (Å²) in [7, 11) is 0. The van der Waals surface area contributed by atoms with Gasteiger partial charge in [-0.1, -0.05) is 177 Å². The Labute approximate surface area is 311 Å². The van der Waals surface area contributed by atoms with Gasteiger partial charge in [0.05, 0.1) is 12.2 Å². The zero-order chi connectivity index (χ0) is 37.6. The number of aliphatic hydroxyl groups excluding tert-OH is 3. The maximum absolute atomic E-state index is 12.0. The average molecular weight is 715 g/mol. The maximum Gasteiger partial charge on any atom is 0.305 e. The summed E-state index contributed by atoms with van der Waals surface area (Å²) < 4.78 is 10.2. The van der Waals surface area contributed by atoms with E-state index in [9.17, 15) is 24.9 Å². The van der Waals surface area contributed by atoms with E-state index in [-0.39, 0.29) is 25.6 Å². The van der Waals surface area contributed by atoms with Crippen molar-refractivity contribution in [2.75, 3.05) is 13.2 Å². The van der Waals surface area contributed by atoms with Crippen molar-refractivity contribution in [3.8, 4) is 0 Å². The lowest BCUT2D eigenvalue weighted by Crippen LogP contribution is -2.25. The smallest absolute Gasteiger partial charge is 0.305 e. The van der Waals surface area contributed by atoms with Gasteiger partial charge in [-0.25, -0.2) is 0 Å². The number of rotatable bonds is 34. The van der Waals surface area contributed by atoms with Gasteiger partial charge in [0.25, 0.3) is 0 Å². The van der Waals surface area contributed by atoms with E-state index in [1.54, 1.807) is 24.3 Å². The highest BCUT2D eigenvalue weighted by Gasteiger charge is 2.12. The number of allylic oxidation sites excluding steroid dienone is 8. The number of ether oxygens (including phenoxy) is 2. The van der Waals surface area contributed by atoms with Gasteiger partial charge in [-0.2, -0.15) is 0 Å². The van der Waals surface area contributed by atoms with Crippen molar-refractivity contribution in [3.63, 3.8) is 0 Å². The molecule has 0 unspecified atom stereocenters. The summed E-state index contributed by atoms with van der Waals surface area (Å²) in [5, 5.41) is 29.8. The van der Waals surface area contributed by atoms with Crippen LogP contribution in [-0.2, 0) is 19.1 Å². The molecule has 0 saturated carbocycles. The van der Waals surface area contributed by atoms with Crippen LogP contribution in [0.25, 0.3) is 0 Å². The van der Waals surface area contributed by atoms with Crippen LogP contribution < -0.4 is 0 Å². The van der Waals surface area contributed by atoms with E-state index in [1.165, 1.54) is 70.6 Å². The Kier molecular flexibility index (Phi) is 35.0. The molecule has 0 radical (unpaired) electrons. The molecule has 0 rings (SSSR count). The Balaban J connectivity index is 3.71. The lowest BCUT2D eigenvalue weighted by Gasteiger charge is -2.12. The van der Waals surface area contributed by atoms with Crippen molar-refractivity contribution in [1.82, 2.24) is 0 Å². The highest BCUT2D eigenvalue weighted by molar-refractivity contribution is 5.69. The summed E-state index contributed by atoms with van der Waals surface area (Å²) in [6.07, 6.45) is 41.8. The molecule has 7 heteroatoms. The topological polar surface area (TPSA) is 113 Å². The molecule has 0 bridgehead atoms. The minimum absolute atomic E-state index is 0.177. The van der Waals surface area contributed by atoms with Crippen LogP contribution in [0.5, 0.6) is 0 Å². The van der Waals surface area contributed by atoms with Crippen molar-refractivity contribution in [2.24, 2.45) is 5.92 Å². The van der Waals surface area contributed by atoms with E-state index in [4.69, 9.17) is 9.47 Å². The third-order valence-electron chi connectivity index (χ3n) is 8.31. The molecule has 0 fully saturated rings. The SMILES string of the molecule is CC/C=C\C[C@@H](O)/C=C/C=C\C/C=C\C=C\[C@@H](O)/C=C\CCCC(=O)OC[C@@H](O)COC(=O)CCCCCCCCCCCCCCCC(C)C. The molecule has 51 heavy (non-hydrogen) atoms. The number of hydrogen-bond acceptors (Lipinski definition) is 7. The molecular weight excluding hydrogens is 640 g/mol. The number of carbonyl (C=O) groups excluding carboxylic acids is 2. The largest absolute Gasteiger partial charge is 0.463 e. The van der Waals surface area contributed by atoms with Crippen LogP contribution in [0.2, 0.25) is 0 Å². The molecule has 0 aromatic rings. The number of aliphatic hydroxyl groups is 3. The van der Waals surface area contributed by atoms with Crippen LogP contribution in [-0.4, -0.2) is 58.8 Å². The van der Waals surface area contributed by atoms with Gasteiger partial charge in [0.2, 0.25) is 0 Å². The number of hydrogen-bond donors (Lipinski definition) is 3. The van der Waals surface area contributed by atoms with Gasteiger partial charge in [-0.15, -0.1) is 0 Å². The van der Waals surface area contributed by atoms with Crippen LogP contribution in [0.1, 0.15) is 156 Å². The van der Waals surface area contributed by atoms with Crippen molar-refractivity contribution >= 4 is 11.9 Å². The maximum atomic E-state index is 12.0. The lowest BCUT2D eigenvalue weighted by atomic mass is 10.0. The molecule has 0 aromatic heterocycles. The Morgan fingerprint density at radius 1 is 0.569 bits per heavy atom. The molecule has 0 spiro atoms. The van der Waals surface area contributed by atoms with Crippen LogP contribution in [0.4, 0.5) is 0 Å². The Morgan fingerprint density at radius 2 is 1.08 bits per heavy atom. The molecule has 0 amide bonds. The number of carbonyl (C=O) groups is 2. The predicted molar refractivity (Wildman–Crippen MR) is 212 cm³/mol. The van der Waals surface area contributed by atoms with Crippen LogP contribution >= 0.6 is 0 Å². The molecule has 3 N–H and O–H groups in total. The monoisotopic (exact) mass is 715 g/mol. The molecule has 0 aliphatic carbocycles. The summed E-state index contributed by atoms with van der Waals surface area (Å²) in [4.78, 5) is 23.9. The Hall–Kier alpha value is -2.74. The average Bonchev–Trinajstić information content (AvgIpc) is 3.10. The number of esters is 2. The first kappa shape index (κ1) is 48.3. The van der Waals surface area contributed by atoms with Crippen LogP contribution in [0.15, 0.2) is 72.9 Å². The Bertz CT molecular complexity index is 991. The first-order valence-corrected chi connectivity index (χ1v) is 20.1. The highest BCUT2D eigenvalue weighted by atomic mass is 16.6. The molecule has 0 aromatic carbocycles. The standard InChI is InChI=1S/C44H74O7/c1-4-5-23-31-40(45)32-25-19-15-13-16-20-26-33-41(46)34-27-22-29-36-44(49)51-38-42(47)37-50-43(48)35-28-21-17-12-10-8-6-7-9-11-14-18-24-30-39(2)3/h5,15-16,19-20,23,25-27,32-34,39-42,45-47H,4,6-14,17-18,21-22,24,28-31,35-38H2,1-3H3/b19-15-,20-16-,23-5-,32-25+,33-26+,34-27-/t40-,41-,42+/m1/s1. The van der Waals surface area contributed by atoms with E-state index in [2.05, 4.69) is 20.8 Å². The van der Waals surface area contributed by atoms with Gasteiger partial charge in [-0.3, -0.25) is 9.59 Å². The van der Waals surface area contributed by atoms with Crippen LogP contribution in [0.3, 0.4) is 0 Å². The van der Waals surface area contributed by atoms with Gasteiger partial charge in [0.1, 0.15) is 19.3 Å². The second-order valence-electron chi connectivity index (χ2n) is 13.9. The summed E-state index contributed by atoms with van der Waals surface area (Å²) in [6.45, 7) is 6.28. The second kappa shape index (κ2) is 37.0. The summed E-state index contributed by atoms with van der Waals surface area (Å²) in [6, 6.07) is 0. The quantitative estimate of drug-likeness (QED) is 0.0263. The molecule has 3 atom stereocenters. The van der Waals surface area contributed by atoms with E-state index >= 15 is 0 Å². The first-order valence-electron chi connectivity index (χ1n) is 20.1. The van der Waals surface area contributed by atoms with Gasteiger partial charge >= 0.3 is 11.9 Å². The molecule has 7 nitrogen and oxygen atoms in total. The van der Waals surface area contributed by atoms with Crippen molar-refractivity contribution in [2.45, 2.75) is 174 Å². The molecular formula is C44H74O7. The second-order valence-corrected chi connectivity index (χ2v) is 13.9. The van der Waals surface area contributed by atoms with Crippen molar-refractivity contribution in [1.29, 1.82) is 0 Å². The van der Waals surface area contributed by atoms with E-state index in [0.717, 1.165) is 38.0 Å². The first-order chi connectivity index (χ1) is 24.7. The fourth-order valence-electron chi connectivity index (χ4n) is 5.25. The van der Waals surface area contributed by atoms with Crippen molar-refractivity contribution < 1.29 is 34.4 Å². The van der Waals surface area contributed by atoms with Crippen LogP contribution in [0, 0.1) is 5.92 Å². The lowest BCUT2D eigenvalue weighted by molar-refractivity contribution is -0.152. The van der Waals surface area contributed by atoms with E-state index < -0.39 is 24.3 Å². The fourth-order valence-corrected chi connectivity index (χ4v) is 5.25. The minimum atomic E-state index is -1.04.